The first kappa shape index (κ1) is 22.6. The van der Waals surface area contributed by atoms with Gasteiger partial charge in [0.25, 0.3) is 5.91 Å². The maximum Gasteiger partial charge on any atom is 0.253 e. The van der Waals surface area contributed by atoms with Gasteiger partial charge in [0, 0.05) is 25.7 Å². The van der Waals surface area contributed by atoms with Crippen LogP contribution >= 0.6 is 24.0 Å². The average molecular weight is 484 g/mol. The largest absolute Gasteiger partial charge is 0.497 e. The highest BCUT2D eigenvalue weighted by Crippen LogP contribution is 2.28. The summed E-state index contributed by atoms with van der Waals surface area (Å²) in [6.45, 7) is 0.390. The maximum absolute atomic E-state index is 11.9. The number of nitrogens with one attached hydrogen (secondary N) is 1. The number of benzene rings is 2. The number of carbonyl (C=O) groups excluding carboxylic acids is 1. The van der Waals surface area contributed by atoms with Crippen LogP contribution in [0.5, 0.6) is 11.5 Å². The summed E-state index contributed by atoms with van der Waals surface area (Å²) in [4.78, 5) is 17.7. The monoisotopic (exact) mass is 484 g/mol. The number of nitrogens with two attached hydrogens (primary N) is 1. The van der Waals surface area contributed by atoms with Gasteiger partial charge in [-0.15, -0.1) is 24.0 Å². The lowest BCUT2D eigenvalue weighted by Crippen LogP contribution is -2.23. The topological polar surface area (TPSA) is 89.2 Å². The first-order valence-corrected chi connectivity index (χ1v) is 8.04. The van der Waals surface area contributed by atoms with Gasteiger partial charge in [-0.25, -0.2) is 4.99 Å². The summed E-state index contributed by atoms with van der Waals surface area (Å²) in [5.41, 5.74) is 8.22. The van der Waals surface area contributed by atoms with Crippen molar-refractivity contribution in [1.29, 1.82) is 0 Å². The molecule has 0 radical (unpaired) electrons. The molecule has 0 saturated heterocycles. The van der Waals surface area contributed by atoms with Gasteiger partial charge in [0.15, 0.2) is 5.96 Å². The predicted octanol–water partition coefficient (Wildman–Crippen LogP) is 2.95. The Hall–Kier alpha value is -2.49. The molecule has 0 aliphatic heterocycles. The van der Waals surface area contributed by atoms with Crippen molar-refractivity contribution in [3.8, 4) is 11.5 Å². The Labute approximate surface area is 176 Å². The standard InChI is InChI=1S/C19H24N4O3.HI/c1-23(2)18(24)14-7-5-13(6-8-14)12-21-19(20)22-16-11-15(25-3)9-10-17(16)26-4;/h5-11H,12H2,1-4H3,(H3,20,21,22);1H. The Bertz CT molecular complexity index is 792. The van der Waals surface area contributed by atoms with E-state index < -0.39 is 0 Å². The second-order valence-electron chi connectivity index (χ2n) is 5.79. The van der Waals surface area contributed by atoms with E-state index in [-0.39, 0.29) is 35.8 Å². The summed E-state index contributed by atoms with van der Waals surface area (Å²) in [5.74, 6) is 1.54. The fourth-order valence-electron chi connectivity index (χ4n) is 2.28. The molecule has 7 nitrogen and oxygen atoms in total. The number of hydrogen-bond donors (Lipinski definition) is 2. The molecule has 0 heterocycles. The summed E-state index contributed by atoms with van der Waals surface area (Å²) in [6, 6.07) is 12.6. The van der Waals surface area contributed by atoms with Crippen LogP contribution in [0.15, 0.2) is 47.5 Å². The van der Waals surface area contributed by atoms with E-state index in [9.17, 15) is 4.79 Å². The third kappa shape index (κ3) is 6.31. The van der Waals surface area contributed by atoms with Crippen LogP contribution in [0.4, 0.5) is 5.69 Å². The van der Waals surface area contributed by atoms with Gasteiger partial charge in [-0.2, -0.15) is 0 Å². The molecule has 0 saturated carbocycles. The molecule has 0 aliphatic carbocycles. The molecule has 2 aromatic carbocycles. The second kappa shape index (κ2) is 10.6. The van der Waals surface area contributed by atoms with Crippen molar-refractivity contribution in [2.75, 3.05) is 33.6 Å². The quantitative estimate of drug-likeness (QED) is 0.374. The normalized spacial score (nSPS) is 10.6. The molecule has 1 amide bonds. The number of carbonyl (C=O) groups is 1. The first-order chi connectivity index (χ1) is 12.4. The smallest absolute Gasteiger partial charge is 0.253 e. The number of aliphatic imine (C=N–C) groups is 1. The molecule has 0 fully saturated rings. The van der Waals surface area contributed by atoms with Gasteiger partial charge < -0.3 is 25.4 Å². The van der Waals surface area contributed by atoms with E-state index in [1.165, 1.54) is 4.90 Å². The zero-order valence-electron chi connectivity index (χ0n) is 15.9. The number of nitrogens with zero attached hydrogens (tertiary/aromatic N) is 2. The van der Waals surface area contributed by atoms with Crippen LogP contribution in [0, 0.1) is 0 Å². The van der Waals surface area contributed by atoms with E-state index in [1.807, 2.05) is 12.1 Å². The minimum Gasteiger partial charge on any atom is -0.497 e. The number of halogens is 1. The van der Waals surface area contributed by atoms with E-state index in [1.54, 1.807) is 58.6 Å². The van der Waals surface area contributed by atoms with Gasteiger partial charge in [-0.3, -0.25) is 4.79 Å². The number of amides is 1. The molecule has 0 atom stereocenters. The summed E-state index contributed by atoms with van der Waals surface area (Å²) in [5, 5.41) is 3.01. The van der Waals surface area contributed by atoms with Gasteiger partial charge in [0.2, 0.25) is 0 Å². The lowest BCUT2D eigenvalue weighted by atomic mass is 10.1. The summed E-state index contributed by atoms with van der Waals surface area (Å²) >= 11 is 0. The van der Waals surface area contributed by atoms with Crippen molar-refractivity contribution in [2.45, 2.75) is 6.54 Å². The molecule has 0 aliphatic rings. The van der Waals surface area contributed by atoms with Crippen LogP contribution in [0.1, 0.15) is 15.9 Å². The van der Waals surface area contributed by atoms with E-state index in [0.717, 1.165) is 5.56 Å². The van der Waals surface area contributed by atoms with Gasteiger partial charge in [0.1, 0.15) is 11.5 Å². The van der Waals surface area contributed by atoms with Crippen molar-refractivity contribution in [2.24, 2.45) is 10.7 Å². The number of ether oxygens (including phenoxy) is 2. The number of methoxy groups -OCH3 is 2. The van der Waals surface area contributed by atoms with Gasteiger partial charge in [-0.05, 0) is 29.8 Å². The molecule has 8 heteroatoms. The van der Waals surface area contributed by atoms with Crippen LogP contribution < -0.4 is 20.5 Å². The molecular weight excluding hydrogens is 459 g/mol. The molecule has 27 heavy (non-hydrogen) atoms. The van der Waals surface area contributed by atoms with Crippen molar-refractivity contribution in [3.05, 3.63) is 53.6 Å². The van der Waals surface area contributed by atoms with Gasteiger partial charge >= 0.3 is 0 Å². The van der Waals surface area contributed by atoms with E-state index in [4.69, 9.17) is 15.2 Å². The minimum absolute atomic E-state index is 0. The van der Waals surface area contributed by atoms with Crippen molar-refractivity contribution < 1.29 is 14.3 Å². The fourth-order valence-corrected chi connectivity index (χ4v) is 2.28. The second-order valence-corrected chi connectivity index (χ2v) is 5.79. The molecular formula is C19H25IN4O3. The zero-order chi connectivity index (χ0) is 19.1. The number of anilines is 1. The minimum atomic E-state index is -0.0358. The third-order valence-electron chi connectivity index (χ3n) is 3.71. The SMILES string of the molecule is COc1ccc(OC)c(NC(N)=NCc2ccc(C(=O)N(C)C)cc2)c1.I. The number of hydrogen-bond acceptors (Lipinski definition) is 4. The Morgan fingerprint density at radius 2 is 1.78 bits per heavy atom. The predicted molar refractivity (Wildman–Crippen MR) is 118 cm³/mol. The molecule has 2 rings (SSSR count). The van der Waals surface area contributed by atoms with E-state index in [0.29, 0.717) is 29.3 Å². The third-order valence-corrected chi connectivity index (χ3v) is 3.71. The van der Waals surface area contributed by atoms with Crippen LogP contribution in [0.25, 0.3) is 0 Å². The van der Waals surface area contributed by atoms with Crippen LogP contribution in [0.2, 0.25) is 0 Å². The van der Waals surface area contributed by atoms with Crippen molar-refractivity contribution in [1.82, 2.24) is 4.90 Å². The summed E-state index contributed by atoms with van der Waals surface area (Å²) < 4.78 is 10.5. The van der Waals surface area contributed by atoms with Crippen LogP contribution in [0.3, 0.4) is 0 Å². The van der Waals surface area contributed by atoms with Gasteiger partial charge in [-0.1, -0.05) is 12.1 Å². The molecule has 0 spiro atoms. The van der Waals surface area contributed by atoms with E-state index >= 15 is 0 Å². The van der Waals surface area contributed by atoms with Crippen LogP contribution in [-0.4, -0.2) is 45.1 Å². The zero-order valence-corrected chi connectivity index (χ0v) is 18.2. The number of rotatable bonds is 6. The van der Waals surface area contributed by atoms with Crippen LogP contribution in [-0.2, 0) is 6.54 Å². The molecule has 2 aromatic rings. The number of guanidine groups is 1. The fraction of sp³-hybridized carbons (Fsp3) is 0.263. The maximum atomic E-state index is 11.9. The Morgan fingerprint density at radius 1 is 1.11 bits per heavy atom. The first-order valence-electron chi connectivity index (χ1n) is 8.04. The van der Waals surface area contributed by atoms with Gasteiger partial charge in [0.05, 0.1) is 26.5 Å². The highest BCUT2D eigenvalue weighted by atomic mass is 127. The Morgan fingerprint density at radius 3 is 2.33 bits per heavy atom. The molecule has 146 valence electrons. The lowest BCUT2D eigenvalue weighted by Gasteiger charge is -2.12. The van der Waals surface area contributed by atoms with Crippen molar-refractivity contribution in [3.63, 3.8) is 0 Å². The average Bonchev–Trinajstić information content (AvgIpc) is 2.66. The summed E-state index contributed by atoms with van der Waals surface area (Å²) in [6.07, 6.45) is 0. The molecule has 0 unspecified atom stereocenters. The van der Waals surface area contributed by atoms with E-state index in [2.05, 4.69) is 10.3 Å². The molecule has 0 aromatic heterocycles. The van der Waals surface area contributed by atoms with Crippen molar-refractivity contribution >= 4 is 41.5 Å². The Kier molecular flexibility index (Phi) is 8.86. The lowest BCUT2D eigenvalue weighted by molar-refractivity contribution is 0.0827. The molecule has 0 bridgehead atoms. The highest BCUT2D eigenvalue weighted by Gasteiger charge is 2.08. The highest BCUT2D eigenvalue weighted by molar-refractivity contribution is 14.0. The Balaban J connectivity index is 0.00000364. The molecule has 3 N–H and O–H groups in total. The summed E-state index contributed by atoms with van der Waals surface area (Å²) in [7, 11) is 6.62.